The van der Waals surface area contributed by atoms with E-state index in [0.717, 1.165) is 24.9 Å². The first kappa shape index (κ1) is 13.0. The summed E-state index contributed by atoms with van der Waals surface area (Å²) < 4.78 is 13.2. The summed E-state index contributed by atoms with van der Waals surface area (Å²) in [5.74, 6) is -0.562. The Morgan fingerprint density at radius 2 is 2.28 bits per heavy atom. The molecule has 1 fully saturated rings. The molecule has 0 aromatic heterocycles. The maximum absolute atomic E-state index is 13.2. The molecule has 1 amide bonds. The fourth-order valence-corrected chi connectivity index (χ4v) is 2.33. The summed E-state index contributed by atoms with van der Waals surface area (Å²) >= 11 is 0. The van der Waals surface area contributed by atoms with E-state index in [1.807, 2.05) is 6.92 Å². The van der Waals surface area contributed by atoms with Gasteiger partial charge in [-0.2, -0.15) is 0 Å². The van der Waals surface area contributed by atoms with Gasteiger partial charge in [0.15, 0.2) is 0 Å². The Bertz CT molecular complexity index is 447. The second kappa shape index (κ2) is 5.48. The summed E-state index contributed by atoms with van der Waals surface area (Å²) in [7, 11) is 0. The number of hydrogen-bond donors (Lipinski definition) is 2. The van der Waals surface area contributed by atoms with Crippen molar-refractivity contribution in [3.8, 4) is 0 Å². The van der Waals surface area contributed by atoms with Gasteiger partial charge in [-0.1, -0.05) is 6.07 Å². The van der Waals surface area contributed by atoms with Crippen LogP contribution in [0.3, 0.4) is 0 Å². The lowest BCUT2D eigenvalue weighted by Gasteiger charge is -2.30. The predicted octanol–water partition coefficient (Wildman–Crippen LogP) is 2.00. The maximum atomic E-state index is 13.2. The van der Waals surface area contributed by atoms with Crippen LogP contribution in [0.1, 0.15) is 35.7 Å². The maximum Gasteiger partial charge on any atom is 0.251 e. The van der Waals surface area contributed by atoms with Gasteiger partial charge in [0.05, 0.1) is 0 Å². The zero-order chi connectivity index (χ0) is 13.1. The normalized spacial score (nSPS) is 23.7. The Morgan fingerprint density at radius 3 is 3.00 bits per heavy atom. The van der Waals surface area contributed by atoms with E-state index in [9.17, 15) is 9.18 Å². The third-order valence-electron chi connectivity index (χ3n) is 3.52. The van der Waals surface area contributed by atoms with E-state index < -0.39 is 0 Å². The highest BCUT2D eigenvalue weighted by Crippen LogP contribution is 2.13. The first-order chi connectivity index (χ1) is 8.58. The average Bonchev–Trinajstić information content (AvgIpc) is 2.35. The fourth-order valence-electron chi connectivity index (χ4n) is 2.33. The summed E-state index contributed by atoms with van der Waals surface area (Å²) in [5.41, 5.74) is 1.22. The molecule has 1 saturated heterocycles. The third kappa shape index (κ3) is 2.88. The van der Waals surface area contributed by atoms with Gasteiger partial charge < -0.3 is 10.6 Å². The number of hydrogen-bond acceptors (Lipinski definition) is 2. The second-order valence-electron chi connectivity index (χ2n) is 4.92. The van der Waals surface area contributed by atoms with E-state index in [0.29, 0.717) is 5.56 Å². The molecule has 0 unspecified atom stereocenters. The van der Waals surface area contributed by atoms with Crippen molar-refractivity contribution in [2.45, 2.75) is 38.8 Å². The fraction of sp³-hybridized carbons (Fsp3) is 0.500. The van der Waals surface area contributed by atoms with Crippen LogP contribution >= 0.6 is 0 Å². The highest BCUT2D eigenvalue weighted by molar-refractivity contribution is 5.95. The Labute approximate surface area is 107 Å². The molecule has 1 aromatic rings. The molecule has 2 rings (SSSR count). The molecule has 2 N–H and O–H groups in total. The first-order valence-electron chi connectivity index (χ1n) is 6.38. The van der Waals surface area contributed by atoms with E-state index in [2.05, 4.69) is 17.6 Å². The SMILES string of the molecule is Cc1ccc(F)cc1C(=O)N[C@@H]1CCCN[C@H]1C. The number of amides is 1. The van der Waals surface area contributed by atoms with E-state index in [4.69, 9.17) is 0 Å². The van der Waals surface area contributed by atoms with Crippen molar-refractivity contribution in [2.75, 3.05) is 6.54 Å². The number of halogens is 1. The zero-order valence-electron chi connectivity index (χ0n) is 10.8. The smallest absolute Gasteiger partial charge is 0.251 e. The standard InChI is InChI=1S/C14H19FN2O/c1-9-5-6-11(15)8-12(9)14(18)17-13-4-3-7-16-10(13)2/h5-6,8,10,13,16H,3-4,7H2,1-2H3,(H,17,18)/t10-,13+/m0/s1. The topological polar surface area (TPSA) is 41.1 Å². The van der Waals surface area contributed by atoms with Crippen molar-refractivity contribution in [1.82, 2.24) is 10.6 Å². The van der Waals surface area contributed by atoms with Gasteiger partial charge in [-0.3, -0.25) is 4.79 Å². The third-order valence-corrected chi connectivity index (χ3v) is 3.52. The van der Waals surface area contributed by atoms with Crippen molar-refractivity contribution in [2.24, 2.45) is 0 Å². The highest BCUT2D eigenvalue weighted by Gasteiger charge is 2.23. The van der Waals surface area contributed by atoms with Crippen molar-refractivity contribution < 1.29 is 9.18 Å². The van der Waals surface area contributed by atoms with E-state index >= 15 is 0 Å². The summed E-state index contributed by atoms with van der Waals surface area (Å²) in [6.45, 7) is 4.87. The van der Waals surface area contributed by atoms with Crippen LogP contribution < -0.4 is 10.6 Å². The average molecular weight is 250 g/mol. The van der Waals surface area contributed by atoms with E-state index in [1.54, 1.807) is 6.07 Å². The van der Waals surface area contributed by atoms with Gasteiger partial charge in [-0.25, -0.2) is 4.39 Å². The van der Waals surface area contributed by atoms with Crippen LogP contribution in [0.2, 0.25) is 0 Å². The van der Waals surface area contributed by atoms with Crippen LogP contribution in [0.4, 0.5) is 4.39 Å². The molecule has 1 aliphatic heterocycles. The Hall–Kier alpha value is -1.42. The van der Waals surface area contributed by atoms with Gasteiger partial charge >= 0.3 is 0 Å². The van der Waals surface area contributed by atoms with Gasteiger partial charge in [0, 0.05) is 17.6 Å². The summed E-state index contributed by atoms with van der Waals surface area (Å²) in [6, 6.07) is 4.68. The number of carbonyl (C=O) groups is 1. The van der Waals surface area contributed by atoms with Gasteiger partial charge in [-0.15, -0.1) is 0 Å². The summed E-state index contributed by atoms with van der Waals surface area (Å²) in [6.07, 6.45) is 2.02. The number of benzene rings is 1. The van der Waals surface area contributed by atoms with Gasteiger partial charge in [0.2, 0.25) is 0 Å². The molecule has 0 bridgehead atoms. The van der Waals surface area contributed by atoms with Crippen LogP contribution in [-0.2, 0) is 0 Å². The van der Waals surface area contributed by atoms with Crippen LogP contribution in [0, 0.1) is 12.7 Å². The molecule has 98 valence electrons. The molecule has 18 heavy (non-hydrogen) atoms. The lowest BCUT2D eigenvalue weighted by molar-refractivity contribution is 0.0919. The van der Waals surface area contributed by atoms with Gasteiger partial charge in [-0.05, 0) is 50.9 Å². The molecular formula is C14H19FN2O. The molecule has 0 aliphatic carbocycles. The highest BCUT2D eigenvalue weighted by atomic mass is 19.1. The number of rotatable bonds is 2. The monoisotopic (exact) mass is 250 g/mol. The van der Waals surface area contributed by atoms with Crippen LogP contribution in [-0.4, -0.2) is 24.5 Å². The molecule has 0 spiro atoms. The molecular weight excluding hydrogens is 231 g/mol. The largest absolute Gasteiger partial charge is 0.348 e. The van der Waals surface area contributed by atoms with Crippen molar-refractivity contribution >= 4 is 5.91 Å². The minimum absolute atomic E-state index is 0.119. The number of piperidine rings is 1. The van der Waals surface area contributed by atoms with Crippen LogP contribution in [0.25, 0.3) is 0 Å². The predicted molar refractivity (Wildman–Crippen MR) is 69.1 cm³/mol. The number of nitrogens with one attached hydrogen (secondary N) is 2. The lowest BCUT2D eigenvalue weighted by Crippen LogP contribution is -2.52. The summed E-state index contributed by atoms with van der Waals surface area (Å²) in [5, 5.41) is 6.31. The number of carbonyl (C=O) groups excluding carboxylic acids is 1. The van der Waals surface area contributed by atoms with Crippen LogP contribution in [0.15, 0.2) is 18.2 Å². The Balaban J connectivity index is 2.09. The first-order valence-corrected chi connectivity index (χ1v) is 6.38. The second-order valence-corrected chi connectivity index (χ2v) is 4.92. The zero-order valence-corrected chi connectivity index (χ0v) is 10.8. The Kier molecular flexibility index (Phi) is 3.97. The molecule has 1 heterocycles. The van der Waals surface area contributed by atoms with Crippen molar-refractivity contribution in [3.05, 3.63) is 35.1 Å². The summed E-state index contributed by atoms with van der Waals surface area (Å²) in [4.78, 5) is 12.1. The molecule has 2 atom stereocenters. The minimum atomic E-state index is -0.374. The number of aryl methyl sites for hydroxylation is 1. The molecule has 1 aromatic carbocycles. The Morgan fingerprint density at radius 1 is 1.50 bits per heavy atom. The molecule has 1 aliphatic rings. The van der Waals surface area contributed by atoms with Gasteiger partial charge in [0.1, 0.15) is 5.82 Å². The molecule has 4 heteroatoms. The quantitative estimate of drug-likeness (QED) is 0.843. The molecule has 0 radical (unpaired) electrons. The van der Waals surface area contributed by atoms with Crippen molar-refractivity contribution in [3.63, 3.8) is 0 Å². The van der Waals surface area contributed by atoms with Crippen molar-refractivity contribution in [1.29, 1.82) is 0 Å². The van der Waals surface area contributed by atoms with E-state index in [-0.39, 0.29) is 23.8 Å². The van der Waals surface area contributed by atoms with E-state index in [1.165, 1.54) is 12.1 Å². The minimum Gasteiger partial charge on any atom is -0.348 e. The molecule has 0 saturated carbocycles. The van der Waals surface area contributed by atoms with Crippen LogP contribution in [0.5, 0.6) is 0 Å². The lowest BCUT2D eigenvalue weighted by atomic mass is 9.99. The van der Waals surface area contributed by atoms with Gasteiger partial charge in [0.25, 0.3) is 5.91 Å². The molecule has 3 nitrogen and oxygen atoms in total.